The Kier molecular flexibility index (Phi) is 4.61. The fourth-order valence-corrected chi connectivity index (χ4v) is 1.44. The number of carbonyl (C=O) groups is 1. The van der Waals surface area contributed by atoms with Crippen LogP contribution in [0.3, 0.4) is 0 Å². The lowest BCUT2D eigenvalue weighted by molar-refractivity contribution is 0.00704. The van der Waals surface area contributed by atoms with Gasteiger partial charge in [-0.1, -0.05) is 39.8 Å². The summed E-state index contributed by atoms with van der Waals surface area (Å²) < 4.78 is 10.5. The minimum Gasteiger partial charge on any atom is -0.428 e. The van der Waals surface area contributed by atoms with Crippen molar-refractivity contribution in [1.82, 2.24) is 0 Å². The molecule has 0 bridgehead atoms. The third-order valence-electron chi connectivity index (χ3n) is 3.11. The quantitative estimate of drug-likeness (QED) is 0.587. The first-order valence-electron chi connectivity index (χ1n) is 6.65. The zero-order valence-electron chi connectivity index (χ0n) is 12.7. The molecule has 1 aromatic rings. The molecular formula is C16H24O3. The lowest BCUT2D eigenvalue weighted by atomic mass is 9.87. The lowest BCUT2D eigenvalue weighted by Gasteiger charge is -2.23. The van der Waals surface area contributed by atoms with E-state index < -0.39 is 11.8 Å². The Balaban J connectivity index is 2.76. The Morgan fingerprint density at radius 3 is 2.32 bits per heavy atom. The molecule has 0 saturated carbocycles. The molecular weight excluding hydrogens is 240 g/mol. The number of ether oxygens (including phenoxy) is 2. The maximum atomic E-state index is 11.7. The molecule has 3 heteroatoms. The highest BCUT2D eigenvalue weighted by Crippen LogP contribution is 2.26. The molecule has 1 rings (SSSR count). The molecule has 0 atom stereocenters. The summed E-state index contributed by atoms with van der Waals surface area (Å²) in [5.74, 6) is 0.518. The molecule has 0 aliphatic heterocycles. The average Bonchev–Trinajstić information content (AvgIpc) is 2.27. The molecule has 106 valence electrons. The number of hydrogen-bond donors (Lipinski definition) is 0. The summed E-state index contributed by atoms with van der Waals surface area (Å²) in [6, 6.07) is 7.54. The fraction of sp³-hybridized carbons (Fsp3) is 0.562. The SMILES string of the molecule is CCC(C)(C)OC(=O)Oc1cccc(C(C)(C)C)c1. The second kappa shape index (κ2) is 5.64. The Bertz CT molecular complexity index is 442. The third kappa shape index (κ3) is 4.93. The summed E-state index contributed by atoms with van der Waals surface area (Å²) >= 11 is 0. The van der Waals surface area contributed by atoms with Crippen molar-refractivity contribution in [3.05, 3.63) is 29.8 Å². The third-order valence-corrected chi connectivity index (χ3v) is 3.11. The Morgan fingerprint density at radius 2 is 1.79 bits per heavy atom. The van der Waals surface area contributed by atoms with E-state index in [1.165, 1.54) is 0 Å². The van der Waals surface area contributed by atoms with Crippen molar-refractivity contribution >= 4 is 6.16 Å². The minimum atomic E-state index is -0.655. The van der Waals surface area contributed by atoms with Gasteiger partial charge in [0.1, 0.15) is 11.4 Å². The van der Waals surface area contributed by atoms with Crippen molar-refractivity contribution in [3.63, 3.8) is 0 Å². The van der Waals surface area contributed by atoms with Crippen molar-refractivity contribution in [2.75, 3.05) is 0 Å². The molecule has 0 heterocycles. The second-order valence-electron chi connectivity index (χ2n) is 6.35. The van der Waals surface area contributed by atoms with Gasteiger partial charge in [-0.05, 0) is 43.4 Å². The van der Waals surface area contributed by atoms with Crippen LogP contribution in [0.5, 0.6) is 5.75 Å². The first kappa shape index (κ1) is 15.5. The molecule has 0 spiro atoms. The van der Waals surface area contributed by atoms with E-state index in [0.717, 1.165) is 12.0 Å². The van der Waals surface area contributed by atoms with E-state index in [0.29, 0.717) is 5.75 Å². The van der Waals surface area contributed by atoms with Gasteiger partial charge in [0.25, 0.3) is 0 Å². The summed E-state index contributed by atoms with van der Waals surface area (Å²) in [5, 5.41) is 0. The molecule has 0 aliphatic rings. The number of rotatable bonds is 3. The van der Waals surface area contributed by atoms with Crippen LogP contribution in [0, 0.1) is 0 Å². The molecule has 0 aromatic heterocycles. The largest absolute Gasteiger partial charge is 0.514 e. The van der Waals surface area contributed by atoms with E-state index in [4.69, 9.17) is 9.47 Å². The van der Waals surface area contributed by atoms with E-state index in [9.17, 15) is 4.79 Å². The molecule has 0 amide bonds. The minimum absolute atomic E-state index is 0.0198. The molecule has 0 fully saturated rings. The monoisotopic (exact) mass is 264 g/mol. The molecule has 0 aliphatic carbocycles. The Morgan fingerprint density at radius 1 is 1.16 bits per heavy atom. The first-order valence-corrected chi connectivity index (χ1v) is 6.65. The van der Waals surface area contributed by atoms with E-state index in [-0.39, 0.29) is 5.41 Å². The van der Waals surface area contributed by atoms with Gasteiger partial charge in [-0.3, -0.25) is 0 Å². The average molecular weight is 264 g/mol. The van der Waals surface area contributed by atoms with Crippen molar-refractivity contribution in [3.8, 4) is 5.75 Å². The highest BCUT2D eigenvalue weighted by atomic mass is 16.7. The second-order valence-corrected chi connectivity index (χ2v) is 6.35. The lowest BCUT2D eigenvalue weighted by Crippen LogP contribution is -2.28. The number of hydrogen-bond acceptors (Lipinski definition) is 3. The maximum Gasteiger partial charge on any atom is 0.514 e. The first-order chi connectivity index (χ1) is 8.64. The zero-order valence-corrected chi connectivity index (χ0v) is 12.7. The Hall–Kier alpha value is -1.51. The van der Waals surface area contributed by atoms with Crippen LogP contribution in [0.2, 0.25) is 0 Å². The van der Waals surface area contributed by atoms with Crippen LogP contribution >= 0.6 is 0 Å². The van der Waals surface area contributed by atoms with E-state index in [2.05, 4.69) is 20.8 Å². The normalized spacial score (nSPS) is 12.1. The van der Waals surface area contributed by atoms with Gasteiger partial charge in [0.15, 0.2) is 0 Å². The van der Waals surface area contributed by atoms with Gasteiger partial charge in [-0.2, -0.15) is 0 Å². The predicted octanol–water partition coefficient (Wildman–Crippen LogP) is 4.69. The van der Waals surface area contributed by atoms with Gasteiger partial charge in [0, 0.05) is 0 Å². The standard InChI is InChI=1S/C16H24O3/c1-7-16(5,6)19-14(17)18-13-10-8-9-12(11-13)15(2,3)4/h8-11H,7H2,1-6H3. The van der Waals surface area contributed by atoms with Crippen LogP contribution in [0.1, 0.15) is 53.5 Å². The fourth-order valence-electron chi connectivity index (χ4n) is 1.44. The summed E-state index contributed by atoms with van der Waals surface area (Å²) in [5.41, 5.74) is 0.637. The molecule has 0 radical (unpaired) electrons. The van der Waals surface area contributed by atoms with Gasteiger partial charge in [0.2, 0.25) is 0 Å². The molecule has 0 saturated heterocycles. The van der Waals surface area contributed by atoms with Crippen molar-refractivity contribution in [2.45, 2.75) is 59.0 Å². The van der Waals surface area contributed by atoms with Crippen LogP contribution < -0.4 is 4.74 Å². The van der Waals surface area contributed by atoms with Crippen LogP contribution in [-0.4, -0.2) is 11.8 Å². The highest BCUT2D eigenvalue weighted by molar-refractivity contribution is 5.64. The van der Waals surface area contributed by atoms with E-state index in [1.54, 1.807) is 6.07 Å². The van der Waals surface area contributed by atoms with Crippen molar-refractivity contribution < 1.29 is 14.3 Å². The van der Waals surface area contributed by atoms with Crippen LogP contribution in [0.15, 0.2) is 24.3 Å². The van der Waals surface area contributed by atoms with Crippen molar-refractivity contribution in [2.24, 2.45) is 0 Å². The van der Waals surface area contributed by atoms with Crippen LogP contribution in [0.4, 0.5) is 4.79 Å². The molecule has 3 nitrogen and oxygen atoms in total. The van der Waals surface area contributed by atoms with Gasteiger partial charge >= 0.3 is 6.16 Å². The summed E-state index contributed by atoms with van der Waals surface area (Å²) in [6.45, 7) is 12.0. The van der Waals surface area contributed by atoms with Gasteiger partial charge in [-0.25, -0.2) is 4.79 Å². The summed E-state index contributed by atoms with van der Waals surface area (Å²) in [6.07, 6.45) is 0.0855. The molecule has 19 heavy (non-hydrogen) atoms. The van der Waals surface area contributed by atoms with Crippen LogP contribution in [-0.2, 0) is 10.2 Å². The maximum absolute atomic E-state index is 11.7. The van der Waals surface area contributed by atoms with Gasteiger partial charge in [-0.15, -0.1) is 0 Å². The van der Waals surface area contributed by atoms with Crippen molar-refractivity contribution in [1.29, 1.82) is 0 Å². The Labute approximate surface area is 115 Å². The zero-order chi connectivity index (χ0) is 14.7. The summed E-state index contributed by atoms with van der Waals surface area (Å²) in [4.78, 5) is 11.7. The van der Waals surface area contributed by atoms with Gasteiger partial charge in [0.05, 0.1) is 0 Å². The van der Waals surface area contributed by atoms with E-state index >= 15 is 0 Å². The number of carbonyl (C=O) groups excluding carboxylic acids is 1. The predicted molar refractivity (Wildman–Crippen MR) is 76.6 cm³/mol. The van der Waals surface area contributed by atoms with E-state index in [1.807, 2.05) is 39.0 Å². The van der Waals surface area contributed by atoms with Crippen LogP contribution in [0.25, 0.3) is 0 Å². The highest BCUT2D eigenvalue weighted by Gasteiger charge is 2.22. The van der Waals surface area contributed by atoms with Gasteiger partial charge < -0.3 is 9.47 Å². The molecule has 1 aromatic carbocycles. The molecule has 0 N–H and O–H groups in total. The smallest absolute Gasteiger partial charge is 0.428 e. The summed E-state index contributed by atoms with van der Waals surface area (Å²) in [7, 11) is 0. The molecule has 0 unspecified atom stereocenters. The number of benzene rings is 1. The topological polar surface area (TPSA) is 35.5 Å².